The minimum absolute atomic E-state index is 0.339. The molecule has 0 amide bonds. The van der Waals surface area contributed by atoms with E-state index >= 15 is 0 Å². The summed E-state index contributed by atoms with van der Waals surface area (Å²) < 4.78 is 5.82. The van der Waals surface area contributed by atoms with Crippen molar-refractivity contribution < 1.29 is 4.74 Å². The molecule has 1 aromatic rings. The molecule has 0 aliphatic carbocycles. The Morgan fingerprint density at radius 2 is 1.80 bits per heavy atom. The van der Waals surface area contributed by atoms with Gasteiger partial charge in [-0.25, -0.2) is 0 Å². The molecule has 0 aliphatic rings. The fourth-order valence-corrected chi connectivity index (χ4v) is 1.73. The van der Waals surface area contributed by atoms with Gasteiger partial charge in [-0.15, -0.1) is 0 Å². The molecule has 0 spiro atoms. The van der Waals surface area contributed by atoms with Crippen LogP contribution < -0.4 is 0 Å². The van der Waals surface area contributed by atoms with Gasteiger partial charge in [-0.05, 0) is 38.7 Å². The van der Waals surface area contributed by atoms with E-state index in [-0.39, 0.29) is 0 Å². The predicted molar refractivity (Wildman–Crippen MR) is 65.1 cm³/mol. The summed E-state index contributed by atoms with van der Waals surface area (Å²) in [5, 5.41) is 0. The summed E-state index contributed by atoms with van der Waals surface area (Å²) >= 11 is 0. The molecule has 0 heterocycles. The first-order chi connectivity index (χ1) is 7.22. The van der Waals surface area contributed by atoms with Gasteiger partial charge in [0.05, 0.1) is 12.2 Å². The lowest BCUT2D eigenvalue weighted by Gasteiger charge is -2.18. The maximum atomic E-state index is 5.82. The van der Waals surface area contributed by atoms with Crippen LogP contribution >= 0.6 is 0 Å². The topological polar surface area (TPSA) is 9.23 Å². The first-order valence-corrected chi connectivity index (χ1v) is 5.91. The Morgan fingerprint density at radius 3 is 2.33 bits per heavy atom. The van der Waals surface area contributed by atoms with E-state index in [1.54, 1.807) is 0 Å². The van der Waals surface area contributed by atoms with Gasteiger partial charge in [0, 0.05) is 0 Å². The minimum atomic E-state index is 0.339. The normalized spacial score (nSPS) is 13.1. The highest BCUT2D eigenvalue weighted by atomic mass is 16.5. The van der Waals surface area contributed by atoms with E-state index in [1.165, 1.54) is 5.56 Å². The SMILES string of the molecule is CCC(CCc1ccccc1)OC(C)C. The molecule has 0 saturated heterocycles. The maximum absolute atomic E-state index is 5.82. The Kier molecular flexibility index (Phi) is 5.41. The zero-order valence-electron chi connectivity index (χ0n) is 10.1. The number of aryl methyl sites for hydroxylation is 1. The second-order valence-corrected chi connectivity index (χ2v) is 4.24. The second-order valence-electron chi connectivity index (χ2n) is 4.24. The van der Waals surface area contributed by atoms with Crippen molar-refractivity contribution in [2.45, 2.75) is 52.2 Å². The quantitative estimate of drug-likeness (QED) is 0.687. The van der Waals surface area contributed by atoms with Crippen LogP contribution in [-0.2, 0) is 11.2 Å². The van der Waals surface area contributed by atoms with Gasteiger partial charge >= 0.3 is 0 Å². The molecule has 0 aromatic heterocycles. The summed E-state index contributed by atoms with van der Waals surface area (Å²) in [6.45, 7) is 6.40. The van der Waals surface area contributed by atoms with Gasteiger partial charge in [0.1, 0.15) is 0 Å². The number of benzene rings is 1. The average molecular weight is 206 g/mol. The van der Waals surface area contributed by atoms with E-state index < -0.39 is 0 Å². The molecule has 0 aliphatic heterocycles. The molecule has 15 heavy (non-hydrogen) atoms. The molecule has 0 saturated carbocycles. The first-order valence-electron chi connectivity index (χ1n) is 5.91. The predicted octanol–water partition coefficient (Wildman–Crippen LogP) is 3.82. The van der Waals surface area contributed by atoms with Gasteiger partial charge in [-0.1, -0.05) is 37.3 Å². The van der Waals surface area contributed by atoms with E-state index in [4.69, 9.17) is 4.74 Å². The molecule has 1 heteroatoms. The molecule has 84 valence electrons. The van der Waals surface area contributed by atoms with E-state index in [0.29, 0.717) is 12.2 Å². The van der Waals surface area contributed by atoms with Crippen LogP contribution in [-0.4, -0.2) is 12.2 Å². The number of ether oxygens (including phenoxy) is 1. The van der Waals surface area contributed by atoms with Crippen molar-refractivity contribution in [3.8, 4) is 0 Å². The first kappa shape index (κ1) is 12.3. The zero-order valence-corrected chi connectivity index (χ0v) is 10.1. The van der Waals surface area contributed by atoms with Gasteiger partial charge in [-0.3, -0.25) is 0 Å². The van der Waals surface area contributed by atoms with Crippen molar-refractivity contribution in [3.05, 3.63) is 35.9 Å². The summed E-state index contributed by atoms with van der Waals surface area (Å²) in [7, 11) is 0. The van der Waals surface area contributed by atoms with Crippen LogP contribution in [0.25, 0.3) is 0 Å². The largest absolute Gasteiger partial charge is 0.376 e. The highest BCUT2D eigenvalue weighted by Crippen LogP contribution is 2.11. The van der Waals surface area contributed by atoms with E-state index in [0.717, 1.165) is 19.3 Å². The lowest BCUT2D eigenvalue weighted by molar-refractivity contribution is 0.00159. The average Bonchev–Trinajstić information content (AvgIpc) is 2.25. The Hall–Kier alpha value is -0.820. The summed E-state index contributed by atoms with van der Waals surface area (Å²) in [5.74, 6) is 0. The van der Waals surface area contributed by atoms with Crippen molar-refractivity contribution >= 4 is 0 Å². The zero-order chi connectivity index (χ0) is 11.1. The van der Waals surface area contributed by atoms with Crippen LogP contribution in [0.15, 0.2) is 30.3 Å². The molecule has 1 nitrogen and oxygen atoms in total. The van der Waals surface area contributed by atoms with Gasteiger partial charge in [-0.2, -0.15) is 0 Å². The molecule has 0 radical (unpaired) electrons. The third-order valence-corrected chi connectivity index (χ3v) is 2.52. The second kappa shape index (κ2) is 6.62. The van der Waals surface area contributed by atoms with Gasteiger partial charge < -0.3 is 4.74 Å². The van der Waals surface area contributed by atoms with E-state index in [1.807, 2.05) is 0 Å². The standard InChI is InChI=1S/C14H22O/c1-4-14(15-12(2)3)11-10-13-8-6-5-7-9-13/h5-9,12,14H,4,10-11H2,1-3H3. The summed E-state index contributed by atoms with van der Waals surface area (Å²) in [4.78, 5) is 0. The van der Waals surface area contributed by atoms with Gasteiger partial charge in [0.25, 0.3) is 0 Å². The van der Waals surface area contributed by atoms with Gasteiger partial charge in [0.2, 0.25) is 0 Å². The van der Waals surface area contributed by atoms with Crippen molar-refractivity contribution in [3.63, 3.8) is 0 Å². The summed E-state index contributed by atoms with van der Waals surface area (Å²) in [5.41, 5.74) is 1.41. The summed E-state index contributed by atoms with van der Waals surface area (Å²) in [6.07, 6.45) is 4.09. The molecule has 1 aromatic carbocycles. The van der Waals surface area contributed by atoms with Crippen LogP contribution in [0.3, 0.4) is 0 Å². The fraction of sp³-hybridized carbons (Fsp3) is 0.571. The third kappa shape index (κ3) is 4.98. The molecule has 1 atom stereocenters. The molecule has 0 bridgehead atoms. The molecule has 1 rings (SSSR count). The van der Waals surface area contributed by atoms with Crippen molar-refractivity contribution in [1.82, 2.24) is 0 Å². The monoisotopic (exact) mass is 206 g/mol. The number of hydrogen-bond donors (Lipinski definition) is 0. The molecular weight excluding hydrogens is 184 g/mol. The molecule has 1 unspecified atom stereocenters. The maximum Gasteiger partial charge on any atom is 0.0579 e. The van der Waals surface area contributed by atoms with Crippen LogP contribution in [0.2, 0.25) is 0 Å². The fourth-order valence-electron chi connectivity index (χ4n) is 1.73. The van der Waals surface area contributed by atoms with E-state index in [2.05, 4.69) is 51.1 Å². The van der Waals surface area contributed by atoms with Gasteiger partial charge in [0.15, 0.2) is 0 Å². The minimum Gasteiger partial charge on any atom is -0.376 e. The van der Waals surface area contributed by atoms with Crippen LogP contribution in [0.1, 0.15) is 39.2 Å². The number of rotatable bonds is 6. The lowest BCUT2D eigenvalue weighted by Crippen LogP contribution is -2.17. The Morgan fingerprint density at radius 1 is 1.13 bits per heavy atom. The van der Waals surface area contributed by atoms with Crippen LogP contribution in [0, 0.1) is 0 Å². The Bertz CT molecular complexity index is 253. The highest BCUT2D eigenvalue weighted by Gasteiger charge is 2.08. The Balaban J connectivity index is 2.34. The lowest BCUT2D eigenvalue weighted by atomic mass is 10.1. The van der Waals surface area contributed by atoms with Crippen molar-refractivity contribution in [2.24, 2.45) is 0 Å². The van der Waals surface area contributed by atoms with Crippen molar-refractivity contribution in [2.75, 3.05) is 0 Å². The highest BCUT2D eigenvalue weighted by molar-refractivity contribution is 5.14. The third-order valence-electron chi connectivity index (χ3n) is 2.52. The summed E-state index contributed by atoms with van der Waals surface area (Å²) in [6, 6.07) is 10.6. The molecule has 0 fully saturated rings. The molecule has 0 N–H and O–H groups in total. The Labute approximate surface area is 93.5 Å². The smallest absolute Gasteiger partial charge is 0.0579 e. The number of hydrogen-bond acceptors (Lipinski definition) is 1. The van der Waals surface area contributed by atoms with Crippen molar-refractivity contribution in [1.29, 1.82) is 0 Å². The van der Waals surface area contributed by atoms with Crippen LogP contribution in [0.5, 0.6) is 0 Å². The van der Waals surface area contributed by atoms with Crippen LogP contribution in [0.4, 0.5) is 0 Å². The van der Waals surface area contributed by atoms with E-state index in [9.17, 15) is 0 Å². The molecular formula is C14H22O.